The summed E-state index contributed by atoms with van der Waals surface area (Å²) in [4.78, 5) is 19.1. The van der Waals surface area contributed by atoms with E-state index in [4.69, 9.17) is 5.73 Å². The lowest BCUT2D eigenvalue weighted by Gasteiger charge is -2.13. The summed E-state index contributed by atoms with van der Waals surface area (Å²) in [5, 5.41) is 3.82. The third-order valence-electron chi connectivity index (χ3n) is 3.35. The number of carbonyl (C=O) groups excluding carboxylic acids is 1. The number of anilines is 2. The normalized spacial score (nSPS) is 12.2. The van der Waals surface area contributed by atoms with Gasteiger partial charge in [0.25, 0.3) is 5.91 Å². The van der Waals surface area contributed by atoms with Crippen molar-refractivity contribution in [3.05, 3.63) is 4.88 Å². The molecular formula is C15H28N4OS. The Morgan fingerprint density at radius 2 is 2.10 bits per heavy atom. The molecule has 1 atom stereocenters. The van der Waals surface area contributed by atoms with E-state index in [9.17, 15) is 4.79 Å². The van der Waals surface area contributed by atoms with Crippen molar-refractivity contribution in [1.29, 1.82) is 0 Å². The molecule has 21 heavy (non-hydrogen) atoms. The van der Waals surface area contributed by atoms with E-state index in [0.29, 0.717) is 10.7 Å². The average molecular weight is 312 g/mol. The first-order valence-electron chi connectivity index (χ1n) is 7.77. The van der Waals surface area contributed by atoms with Crippen molar-refractivity contribution in [1.82, 2.24) is 10.3 Å². The van der Waals surface area contributed by atoms with Crippen LogP contribution in [0.15, 0.2) is 0 Å². The third-order valence-corrected chi connectivity index (χ3v) is 4.54. The highest BCUT2D eigenvalue weighted by Crippen LogP contribution is 2.27. The first-order valence-corrected chi connectivity index (χ1v) is 8.59. The second-order valence-corrected chi connectivity index (χ2v) is 6.48. The number of thiazole rings is 1. The fraction of sp³-hybridized carbons (Fsp3) is 0.733. The number of nitrogens with zero attached hydrogens (tertiary/aromatic N) is 2. The summed E-state index contributed by atoms with van der Waals surface area (Å²) in [6, 6.07) is 0.169. The van der Waals surface area contributed by atoms with Crippen LogP contribution < -0.4 is 16.0 Å². The second-order valence-electron chi connectivity index (χ2n) is 5.50. The summed E-state index contributed by atoms with van der Waals surface area (Å²) in [5.41, 5.74) is 5.89. The van der Waals surface area contributed by atoms with Crippen LogP contribution in [-0.4, -0.2) is 30.5 Å². The van der Waals surface area contributed by atoms with E-state index in [-0.39, 0.29) is 11.9 Å². The molecule has 1 aromatic rings. The Bertz CT molecular complexity index is 447. The lowest BCUT2D eigenvalue weighted by molar-refractivity contribution is 0.0942. The first-order chi connectivity index (χ1) is 9.99. The molecule has 0 saturated heterocycles. The van der Waals surface area contributed by atoms with Crippen molar-refractivity contribution in [3.63, 3.8) is 0 Å². The van der Waals surface area contributed by atoms with Crippen molar-refractivity contribution < 1.29 is 4.79 Å². The number of rotatable bonds is 9. The minimum absolute atomic E-state index is 0.106. The van der Waals surface area contributed by atoms with Gasteiger partial charge < -0.3 is 16.0 Å². The van der Waals surface area contributed by atoms with Gasteiger partial charge in [-0.2, -0.15) is 0 Å². The number of unbranched alkanes of at least 4 members (excludes halogenated alkanes) is 2. The van der Waals surface area contributed by atoms with E-state index in [1.165, 1.54) is 24.2 Å². The van der Waals surface area contributed by atoms with Crippen LogP contribution in [0.25, 0.3) is 0 Å². The Kier molecular flexibility index (Phi) is 7.50. The Morgan fingerprint density at radius 3 is 2.71 bits per heavy atom. The van der Waals surface area contributed by atoms with Crippen LogP contribution in [0.2, 0.25) is 0 Å². The SMILES string of the molecule is CCCCCC(C)NC(=O)c1sc(N(C)CCC)nc1N. The number of nitrogens with one attached hydrogen (secondary N) is 1. The van der Waals surface area contributed by atoms with Crippen molar-refractivity contribution >= 4 is 28.2 Å². The molecule has 3 N–H and O–H groups in total. The molecule has 6 heteroatoms. The van der Waals surface area contributed by atoms with Gasteiger partial charge in [0.1, 0.15) is 10.7 Å². The van der Waals surface area contributed by atoms with Gasteiger partial charge >= 0.3 is 0 Å². The molecule has 0 aliphatic carbocycles. The number of hydrogen-bond donors (Lipinski definition) is 2. The van der Waals surface area contributed by atoms with E-state index in [1.54, 1.807) is 0 Å². The molecule has 0 fully saturated rings. The number of hydrogen-bond acceptors (Lipinski definition) is 5. The molecule has 0 aliphatic rings. The number of amides is 1. The maximum absolute atomic E-state index is 12.3. The fourth-order valence-electron chi connectivity index (χ4n) is 2.14. The van der Waals surface area contributed by atoms with Crippen LogP contribution in [0, 0.1) is 0 Å². The number of aromatic nitrogens is 1. The van der Waals surface area contributed by atoms with Crippen LogP contribution >= 0.6 is 11.3 Å². The highest BCUT2D eigenvalue weighted by Gasteiger charge is 2.19. The van der Waals surface area contributed by atoms with Gasteiger partial charge in [-0.3, -0.25) is 4.79 Å². The van der Waals surface area contributed by atoms with Crippen molar-refractivity contribution in [2.45, 2.75) is 58.9 Å². The van der Waals surface area contributed by atoms with Gasteiger partial charge in [0.2, 0.25) is 0 Å². The molecule has 0 aromatic carbocycles. The smallest absolute Gasteiger partial charge is 0.265 e. The molecule has 0 saturated carbocycles. The summed E-state index contributed by atoms with van der Waals surface area (Å²) in [6.45, 7) is 7.23. The molecule has 1 aromatic heterocycles. The summed E-state index contributed by atoms with van der Waals surface area (Å²) >= 11 is 1.36. The number of nitrogens with two attached hydrogens (primary N) is 1. The topological polar surface area (TPSA) is 71.2 Å². The maximum atomic E-state index is 12.3. The maximum Gasteiger partial charge on any atom is 0.265 e. The summed E-state index contributed by atoms with van der Waals surface area (Å²) in [5.74, 6) is 0.223. The molecule has 1 rings (SSSR count). The Labute approximate surface area is 131 Å². The minimum atomic E-state index is -0.106. The summed E-state index contributed by atoms with van der Waals surface area (Å²) < 4.78 is 0. The molecule has 0 bridgehead atoms. The van der Waals surface area contributed by atoms with Gasteiger partial charge in [0, 0.05) is 19.6 Å². The standard InChI is InChI=1S/C15H28N4OS/c1-5-7-8-9-11(3)17-14(20)12-13(16)18-15(21-12)19(4)10-6-2/h11H,5-10,16H2,1-4H3,(H,17,20). The molecule has 1 amide bonds. The van der Waals surface area contributed by atoms with Crippen LogP contribution in [-0.2, 0) is 0 Å². The van der Waals surface area contributed by atoms with Gasteiger partial charge in [-0.1, -0.05) is 44.4 Å². The zero-order valence-electron chi connectivity index (χ0n) is 13.6. The minimum Gasteiger partial charge on any atom is -0.382 e. The van der Waals surface area contributed by atoms with E-state index >= 15 is 0 Å². The number of carbonyl (C=O) groups is 1. The molecule has 5 nitrogen and oxygen atoms in total. The van der Waals surface area contributed by atoms with E-state index < -0.39 is 0 Å². The predicted octanol–water partition coefficient (Wildman–Crippen LogP) is 3.27. The Balaban J connectivity index is 2.61. The van der Waals surface area contributed by atoms with Crippen LogP contribution in [0.1, 0.15) is 62.5 Å². The molecule has 1 heterocycles. The Hall–Kier alpha value is -1.30. The molecule has 0 spiro atoms. The molecule has 120 valence electrons. The van der Waals surface area contributed by atoms with E-state index in [2.05, 4.69) is 24.1 Å². The average Bonchev–Trinajstić information content (AvgIpc) is 2.81. The van der Waals surface area contributed by atoms with Crippen LogP contribution in [0.4, 0.5) is 10.9 Å². The summed E-state index contributed by atoms with van der Waals surface area (Å²) in [7, 11) is 1.97. The monoisotopic (exact) mass is 312 g/mol. The van der Waals surface area contributed by atoms with Gasteiger partial charge in [-0.05, 0) is 19.8 Å². The fourth-order valence-corrected chi connectivity index (χ4v) is 3.01. The molecule has 1 unspecified atom stereocenters. The molecular weight excluding hydrogens is 284 g/mol. The van der Waals surface area contributed by atoms with Gasteiger partial charge in [0.15, 0.2) is 5.13 Å². The highest BCUT2D eigenvalue weighted by atomic mass is 32.1. The molecule has 0 radical (unpaired) electrons. The van der Waals surface area contributed by atoms with E-state index in [0.717, 1.165) is 30.9 Å². The van der Waals surface area contributed by atoms with Crippen molar-refractivity contribution in [2.75, 3.05) is 24.2 Å². The van der Waals surface area contributed by atoms with E-state index in [1.807, 2.05) is 18.9 Å². The zero-order chi connectivity index (χ0) is 15.8. The number of nitrogen functional groups attached to an aromatic ring is 1. The van der Waals surface area contributed by atoms with Gasteiger partial charge in [0.05, 0.1) is 0 Å². The van der Waals surface area contributed by atoms with Crippen LogP contribution in [0.5, 0.6) is 0 Å². The van der Waals surface area contributed by atoms with Crippen molar-refractivity contribution in [3.8, 4) is 0 Å². The lowest BCUT2D eigenvalue weighted by Crippen LogP contribution is -2.32. The largest absolute Gasteiger partial charge is 0.382 e. The quantitative estimate of drug-likeness (QED) is 0.687. The Morgan fingerprint density at radius 1 is 1.38 bits per heavy atom. The molecule has 0 aliphatic heterocycles. The first kappa shape index (κ1) is 17.8. The van der Waals surface area contributed by atoms with Crippen molar-refractivity contribution in [2.24, 2.45) is 0 Å². The van der Waals surface area contributed by atoms with Gasteiger partial charge in [-0.25, -0.2) is 4.98 Å². The van der Waals surface area contributed by atoms with Crippen LogP contribution in [0.3, 0.4) is 0 Å². The highest BCUT2D eigenvalue weighted by molar-refractivity contribution is 7.18. The second kappa shape index (κ2) is 8.87. The lowest BCUT2D eigenvalue weighted by atomic mass is 10.1. The predicted molar refractivity (Wildman–Crippen MR) is 91.2 cm³/mol. The van der Waals surface area contributed by atoms with Gasteiger partial charge in [-0.15, -0.1) is 0 Å². The zero-order valence-corrected chi connectivity index (χ0v) is 14.4. The third kappa shape index (κ3) is 5.53. The summed E-state index contributed by atoms with van der Waals surface area (Å²) in [6.07, 6.45) is 5.57.